The maximum atomic E-state index is 5.90. The summed E-state index contributed by atoms with van der Waals surface area (Å²) in [5.74, 6) is 1.07. The summed E-state index contributed by atoms with van der Waals surface area (Å²) in [6.07, 6.45) is 0.0380. The van der Waals surface area contributed by atoms with Crippen LogP contribution in [0.3, 0.4) is 0 Å². The Kier molecular flexibility index (Phi) is 10.1. The van der Waals surface area contributed by atoms with E-state index in [0.717, 1.165) is 6.54 Å². The van der Waals surface area contributed by atoms with E-state index in [-0.39, 0.29) is 12.1 Å². The van der Waals surface area contributed by atoms with Gasteiger partial charge in [0, 0.05) is 24.3 Å². The largest absolute Gasteiger partial charge is 0.374 e. The van der Waals surface area contributed by atoms with Gasteiger partial charge in [-0.25, -0.2) is 0 Å². The van der Waals surface area contributed by atoms with E-state index in [1.807, 2.05) is 37.3 Å². The second-order valence-corrected chi connectivity index (χ2v) is 5.20. The Morgan fingerprint density at radius 1 is 1.15 bits per heavy atom. The second-order valence-electron chi connectivity index (χ2n) is 4.52. The topological polar surface area (TPSA) is 30.5 Å². The van der Waals surface area contributed by atoms with E-state index in [4.69, 9.17) is 32.7 Å². The van der Waals surface area contributed by atoms with Crippen molar-refractivity contribution in [2.75, 3.05) is 31.5 Å². The molecule has 0 spiro atoms. The minimum atomic E-state index is 0.0380. The van der Waals surface area contributed by atoms with Crippen molar-refractivity contribution in [2.24, 2.45) is 0 Å². The van der Waals surface area contributed by atoms with Gasteiger partial charge in [0.25, 0.3) is 0 Å². The minimum Gasteiger partial charge on any atom is -0.374 e. The molecule has 0 aliphatic carbocycles. The Hall–Kier alpha value is -0.320. The van der Waals surface area contributed by atoms with Crippen molar-refractivity contribution >= 4 is 23.2 Å². The minimum absolute atomic E-state index is 0.0380. The molecule has 1 N–H and O–H groups in total. The Morgan fingerprint density at radius 3 is 2.55 bits per heavy atom. The molecular formula is C15H23Cl2NO2. The summed E-state index contributed by atoms with van der Waals surface area (Å²) in [6, 6.07) is 10.2. The highest BCUT2D eigenvalue weighted by Gasteiger charge is 2.15. The van der Waals surface area contributed by atoms with Gasteiger partial charge in [-0.15, -0.1) is 23.2 Å². The average Bonchev–Trinajstić information content (AvgIpc) is 2.48. The summed E-state index contributed by atoms with van der Waals surface area (Å²) in [4.78, 5) is 0. The van der Waals surface area contributed by atoms with Crippen molar-refractivity contribution < 1.29 is 9.47 Å². The smallest absolute Gasteiger partial charge is 0.0718 e. The lowest BCUT2D eigenvalue weighted by Gasteiger charge is -2.23. The van der Waals surface area contributed by atoms with Crippen LogP contribution in [0.5, 0.6) is 0 Å². The van der Waals surface area contributed by atoms with Crippen LogP contribution in [0.25, 0.3) is 0 Å². The average molecular weight is 320 g/mol. The number of hydrogen-bond acceptors (Lipinski definition) is 3. The van der Waals surface area contributed by atoms with Crippen LogP contribution in [0.2, 0.25) is 0 Å². The molecule has 0 saturated heterocycles. The molecule has 0 saturated carbocycles. The summed E-state index contributed by atoms with van der Waals surface area (Å²) >= 11 is 11.5. The molecule has 2 unspecified atom stereocenters. The van der Waals surface area contributed by atoms with E-state index in [9.17, 15) is 0 Å². The van der Waals surface area contributed by atoms with Crippen molar-refractivity contribution in [3.8, 4) is 0 Å². The summed E-state index contributed by atoms with van der Waals surface area (Å²) in [5, 5.41) is 3.26. The Bertz CT molecular complexity index is 338. The van der Waals surface area contributed by atoms with Gasteiger partial charge in [0.2, 0.25) is 0 Å². The zero-order valence-electron chi connectivity index (χ0n) is 11.9. The van der Waals surface area contributed by atoms with Gasteiger partial charge in [-0.3, -0.25) is 0 Å². The van der Waals surface area contributed by atoms with Crippen molar-refractivity contribution in [3.05, 3.63) is 35.9 Å². The van der Waals surface area contributed by atoms with E-state index in [1.54, 1.807) is 0 Å². The Morgan fingerprint density at radius 2 is 1.90 bits per heavy atom. The maximum absolute atomic E-state index is 5.90. The zero-order valence-corrected chi connectivity index (χ0v) is 13.4. The zero-order chi connectivity index (χ0) is 14.6. The van der Waals surface area contributed by atoms with Crippen molar-refractivity contribution in [1.82, 2.24) is 5.32 Å². The Labute approximate surface area is 131 Å². The van der Waals surface area contributed by atoms with Gasteiger partial charge in [-0.2, -0.15) is 0 Å². The fourth-order valence-electron chi connectivity index (χ4n) is 1.76. The van der Waals surface area contributed by atoms with Gasteiger partial charge in [0.15, 0.2) is 0 Å². The van der Waals surface area contributed by atoms with Crippen LogP contribution in [-0.2, 0) is 16.1 Å². The molecule has 2 atom stereocenters. The van der Waals surface area contributed by atoms with Gasteiger partial charge in [0.1, 0.15) is 0 Å². The predicted molar refractivity (Wildman–Crippen MR) is 84.7 cm³/mol. The highest BCUT2D eigenvalue weighted by Crippen LogP contribution is 2.03. The number of hydrogen-bond donors (Lipinski definition) is 1. The normalized spacial score (nSPS) is 14.2. The molecule has 0 aliphatic heterocycles. The Balaban J connectivity index is 2.10. The van der Waals surface area contributed by atoms with E-state index >= 15 is 0 Å². The van der Waals surface area contributed by atoms with Crippen molar-refractivity contribution in [3.63, 3.8) is 0 Å². The molecule has 0 fully saturated rings. The van der Waals surface area contributed by atoms with Crippen molar-refractivity contribution in [2.45, 2.75) is 25.7 Å². The van der Waals surface area contributed by atoms with Gasteiger partial charge in [-0.05, 0) is 12.5 Å². The van der Waals surface area contributed by atoms with Crippen LogP contribution in [0.4, 0.5) is 0 Å². The molecular weight excluding hydrogens is 297 g/mol. The molecule has 114 valence electrons. The van der Waals surface area contributed by atoms with E-state index in [2.05, 4.69) is 5.32 Å². The third kappa shape index (κ3) is 7.46. The lowest BCUT2D eigenvalue weighted by molar-refractivity contribution is -0.00382. The molecule has 0 amide bonds. The molecule has 0 heterocycles. The van der Waals surface area contributed by atoms with Gasteiger partial charge in [0.05, 0.1) is 25.9 Å². The predicted octanol–water partition coefficient (Wildman–Crippen LogP) is 3.04. The molecule has 1 rings (SSSR count). The van der Waals surface area contributed by atoms with Gasteiger partial charge >= 0.3 is 0 Å². The summed E-state index contributed by atoms with van der Waals surface area (Å²) < 4.78 is 11.3. The fourth-order valence-corrected chi connectivity index (χ4v) is 2.23. The van der Waals surface area contributed by atoms with Gasteiger partial charge in [-0.1, -0.05) is 30.3 Å². The second kappa shape index (κ2) is 11.4. The van der Waals surface area contributed by atoms with Crippen LogP contribution in [0.1, 0.15) is 12.5 Å². The standard InChI is InChI=1S/C15H23Cl2NO2/c1-13(15(11-17)18-8-7-16)20-10-9-19-12-14-5-3-2-4-6-14/h2-6,13,15,18H,7-12H2,1H3. The summed E-state index contributed by atoms with van der Waals surface area (Å²) in [6.45, 7) is 4.48. The van der Waals surface area contributed by atoms with E-state index in [0.29, 0.717) is 31.6 Å². The first-order valence-electron chi connectivity index (χ1n) is 6.86. The first-order valence-corrected chi connectivity index (χ1v) is 7.93. The van der Waals surface area contributed by atoms with Crippen molar-refractivity contribution in [1.29, 1.82) is 0 Å². The number of halogens is 2. The SMILES string of the molecule is CC(OCCOCc1ccccc1)C(CCl)NCCCl. The highest BCUT2D eigenvalue weighted by molar-refractivity contribution is 6.18. The first-order chi connectivity index (χ1) is 9.77. The third-order valence-corrected chi connectivity index (χ3v) is 3.48. The first kappa shape index (κ1) is 17.7. The van der Waals surface area contributed by atoms with Crippen LogP contribution < -0.4 is 5.32 Å². The molecule has 0 aliphatic rings. The van der Waals surface area contributed by atoms with E-state index < -0.39 is 0 Å². The molecule has 0 bridgehead atoms. The third-order valence-electron chi connectivity index (χ3n) is 2.95. The van der Waals surface area contributed by atoms with Crippen LogP contribution >= 0.6 is 23.2 Å². The van der Waals surface area contributed by atoms with Crippen LogP contribution in [0, 0.1) is 0 Å². The summed E-state index contributed by atoms with van der Waals surface area (Å²) in [7, 11) is 0. The molecule has 0 radical (unpaired) electrons. The maximum Gasteiger partial charge on any atom is 0.0718 e. The fraction of sp³-hybridized carbons (Fsp3) is 0.600. The lowest BCUT2D eigenvalue weighted by Crippen LogP contribution is -2.42. The number of benzene rings is 1. The number of rotatable bonds is 11. The molecule has 20 heavy (non-hydrogen) atoms. The molecule has 5 heteroatoms. The molecule has 3 nitrogen and oxygen atoms in total. The lowest BCUT2D eigenvalue weighted by atomic mass is 10.2. The van der Waals surface area contributed by atoms with E-state index in [1.165, 1.54) is 5.56 Å². The molecule has 1 aromatic rings. The quantitative estimate of drug-likeness (QED) is 0.502. The number of nitrogens with one attached hydrogen (secondary N) is 1. The highest BCUT2D eigenvalue weighted by atomic mass is 35.5. The number of ether oxygens (including phenoxy) is 2. The van der Waals surface area contributed by atoms with Crippen LogP contribution in [-0.4, -0.2) is 43.7 Å². The summed E-state index contributed by atoms with van der Waals surface area (Å²) in [5.41, 5.74) is 1.17. The molecule has 1 aromatic carbocycles. The number of alkyl halides is 2. The monoisotopic (exact) mass is 319 g/mol. The van der Waals surface area contributed by atoms with Gasteiger partial charge < -0.3 is 14.8 Å². The molecule has 0 aromatic heterocycles. The van der Waals surface area contributed by atoms with Crippen LogP contribution in [0.15, 0.2) is 30.3 Å².